The van der Waals surface area contributed by atoms with Crippen LogP contribution in [0.1, 0.15) is 28.9 Å². The van der Waals surface area contributed by atoms with Crippen molar-refractivity contribution in [2.75, 3.05) is 6.54 Å². The highest BCUT2D eigenvalue weighted by atomic mass is 35.5. The van der Waals surface area contributed by atoms with Crippen molar-refractivity contribution >= 4 is 17.5 Å². The number of rotatable bonds is 5. The third kappa shape index (κ3) is 3.71. The minimum Gasteiger partial charge on any atom is -0.488 e. The number of carbonyl (C=O) groups excluding carboxylic acids is 1. The maximum atomic E-state index is 12.1. The van der Waals surface area contributed by atoms with Gasteiger partial charge in [0.25, 0.3) is 5.91 Å². The maximum Gasteiger partial charge on any atom is 0.254 e. The third-order valence-electron chi connectivity index (χ3n) is 4.39. The molecule has 1 aliphatic rings. The zero-order chi connectivity index (χ0) is 17.1. The summed E-state index contributed by atoms with van der Waals surface area (Å²) < 4.78 is 5.83. The van der Waals surface area contributed by atoms with Gasteiger partial charge in [0.1, 0.15) is 11.9 Å². The van der Waals surface area contributed by atoms with Crippen LogP contribution >= 0.6 is 11.6 Å². The van der Waals surface area contributed by atoms with Gasteiger partial charge in [-0.15, -0.1) is 0 Å². The number of hydrogen-bond acceptors (Lipinski definition) is 4. The van der Waals surface area contributed by atoms with Crippen molar-refractivity contribution in [3.8, 4) is 5.75 Å². The molecule has 3 N–H and O–H groups in total. The SMILES string of the molecule is Cc1[nH]ncc1C(=O)NC[C@H]1CC[C@@H](Oc2ccc(Cl)cc2)[C@@H]1O. The normalized spacial score (nSPS) is 23.2. The number of nitrogens with zero attached hydrogens (tertiary/aromatic N) is 1. The summed E-state index contributed by atoms with van der Waals surface area (Å²) in [5, 5.41) is 20.5. The third-order valence-corrected chi connectivity index (χ3v) is 4.64. The molecule has 2 aromatic rings. The number of aryl methyl sites for hydroxylation is 1. The molecular weight excluding hydrogens is 330 g/mol. The summed E-state index contributed by atoms with van der Waals surface area (Å²) in [6.45, 7) is 2.20. The standard InChI is InChI=1S/C17H20ClN3O3/c1-10-14(9-20-21-10)17(23)19-8-11-2-7-15(16(11)22)24-13-5-3-12(18)4-6-13/h3-6,9,11,15-16,22H,2,7-8H2,1H3,(H,19,23)(H,20,21)/t11-,15-,16-/m1/s1. The summed E-state index contributed by atoms with van der Waals surface area (Å²) in [6.07, 6.45) is 2.15. The summed E-state index contributed by atoms with van der Waals surface area (Å²) >= 11 is 5.85. The second-order valence-corrected chi connectivity index (χ2v) is 6.49. The van der Waals surface area contributed by atoms with E-state index in [9.17, 15) is 9.90 Å². The van der Waals surface area contributed by atoms with E-state index in [2.05, 4.69) is 15.5 Å². The molecule has 0 saturated heterocycles. The molecule has 1 aliphatic carbocycles. The number of halogens is 1. The number of aromatic nitrogens is 2. The molecule has 0 aliphatic heterocycles. The Morgan fingerprint density at radius 1 is 1.42 bits per heavy atom. The van der Waals surface area contributed by atoms with Gasteiger partial charge in [-0.25, -0.2) is 0 Å². The first-order chi connectivity index (χ1) is 11.5. The van der Waals surface area contributed by atoms with Gasteiger partial charge < -0.3 is 15.2 Å². The number of amides is 1. The van der Waals surface area contributed by atoms with Crippen molar-refractivity contribution in [1.82, 2.24) is 15.5 Å². The molecule has 1 saturated carbocycles. The van der Waals surface area contributed by atoms with Gasteiger partial charge in [0.15, 0.2) is 0 Å². The Bertz CT molecular complexity index is 701. The van der Waals surface area contributed by atoms with Crippen LogP contribution in [0.2, 0.25) is 5.02 Å². The molecule has 0 unspecified atom stereocenters. The molecule has 3 atom stereocenters. The molecule has 6 nitrogen and oxygen atoms in total. The lowest BCUT2D eigenvalue weighted by Gasteiger charge is -2.21. The van der Waals surface area contributed by atoms with Crippen molar-refractivity contribution in [3.05, 3.63) is 46.7 Å². The van der Waals surface area contributed by atoms with Gasteiger partial charge in [0.2, 0.25) is 0 Å². The van der Waals surface area contributed by atoms with Crippen molar-refractivity contribution in [2.45, 2.75) is 32.0 Å². The maximum absolute atomic E-state index is 12.1. The van der Waals surface area contributed by atoms with Crippen LogP contribution in [-0.2, 0) is 0 Å². The molecule has 0 radical (unpaired) electrons. The molecule has 0 bridgehead atoms. The van der Waals surface area contributed by atoms with Crippen LogP contribution in [0.4, 0.5) is 0 Å². The summed E-state index contributed by atoms with van der Waals surface area (Å²) in [7, 11) is 0. The van der Waals surface area contributed by atoms with Gasteiger partial charge in [-0.05, 0) is 44.0 Å². The van der Waals surface area contributed by atoms with Crippen LogP contribution < -0.4 is 10.1 Å². The Kier molecular flexibility index (Phi) is 5.06. The minimum atomic E-state index is -0.619. The number of ether oxygens (including phenoxy) is 1. The van der Waals surface area contributed by atoms with Crippen LogP contribution in [0.5, 0.6) is 5.75 Å². The van der Waals surface area contributed by atoms with Gasteiger partial charge in [-0.2, -0.15) is 5.10 Å². The molecule has 0 spiro atoms. The first kappa shape index (κ1) is 16.8. The molecule has 1 aromatic heterocycles. The number of hydrogen-bond donors (Lipinski definition) is 3. The molecule has 1 aromatic carbocycles. The zero-order valence-electron chi connectivity index (χ0n) is 13.3. The average Bonchev–Trinajstić information content (AvgIpc) is 3.14. The predicted molar refractivity (Wildman–Crippen MR) is 90.3 cm³/mol. The Morgan fingerprint density at radius 3 is 2.83 bits per heavy atom. The molecule has 128 valence electrons. The van der Waals surface area contributed by atoms with E-state index in [0.29, 0.717) is 22.9 Å². The minimum absolute atomic E-state index is 0.0292. The van der Waals surface area contributed by atoms with Crippen LogP contribution in [0.25, 0.3) is 0 Å². The van der Waals surface area contributed by atoms with E-state index >= 15 is 0 Å². The fraction of sp³-hybridized carbons (Fsp3) is 0.412. The topological polar surface area (TPSA) is 87.2 Å². The number of H-pyrrole nitrogens is 1. The van der Waals surface area contributed by atoms with Gasteiger partial charge in [0.05, 0.1) is 17.9 Å². The lowest BCUT2D eigenvalue weighted by Crippen LogP contribution is -2.37. The molecule has 24 heavy (non-hydrogen) atoms. The Morgan fingerprint density at radius 2 is 2.17 bits per heavy atom. The molecule has 1 heterocycles. The van der Waals surface area contributed by atoms with E-state index in [0.717, 1.165) is 18.5 Å². The van der Waals surface area contributed by atoms with Crippen molar-refractivity contribution in [2.24, 2.45) is 5.92 Å². The number of nitrogens with one attached hydrogen (secondary N) is 2. The number of benzene rings is 1. The fourth-order valence-electron chi connectivity index (χ4n) is 2.96. The zero-order valence-corrected chi connectivity index (χ0v) is 14.1. The van der Waals surface area contributed by atoms with Crippen molar-refractivity contribution in [1.29, 1.82) is 0 Å². The largest absolute Gasteiger partial charge is 0.488 e. The highest BCUT2D eigenvalue weighted by Gasteiger charge is 2.36. The van der Waals surface area contributed by atoms with E-state index in [1.54, 1.807) is 31.2 Å². The van der Waals surface area contributed by atoms with Gasteiger partial charge >= 0.3 is 0 Å². The Labute approximate surface area is 145 Å². The van der Waals surface area contributed by atoms with Crippen molar-refractivity contribution in [3.63, 3.8) is 0 Å². The van der Waals surface area contributed by atoms with E-state index in [1.165, 1.54) is 6.20 Å². The summed E-state index contributed by atoms with van der Waals surface area (Å²) in [5.74, 6) is 0.469. The second-order valence-electron chi connectivity index (χ2n) is 6.06. The van der Waals surface area contributed by atoms with Gasteiger partial charge in [0, 0.05) is 23.2 Å². The van der Waals surface area contributed by atoms with Gasteiger partial charge in [-0.1, -0.05) is 11.6 Å². The summed E-state index contributed by atoms with van der Waals surface area (Å²) in [6, 6.07) is 7.07. The lowest BCUT2D eigenvalue weighted by atomic mass is 10.1. The highest BCUT2D eigenvalue weighted by Crippen LogP contribution is 2.30. The number of aromatic amines is 1. The molecular formula is C17H20ClN3O3. The fourth-order valence-corrected chi connectivity index (χ4v) is 3.09. The molecule has 7 heteroatoms. The van der Waals surface area contributed by atoms with Crippen molar-refractivity contribution < 1.29 is 14.6 Å². The smallest absolute Gasteiger partial charge is 0.254 e. The second kappa shape index (κ2) is 7.23. The Hall–Kier alpha value is -2.05. The number of aliphatic hydroxyl groups excluding tert-OH is 1. The first-order valence-electron chi connectivity index (χ1n) is 7.93. The van der Waals surface area contributed by atoms with Crippen LogP contribution in [-0.4, -0.2) is 40.0 Å². The number of carbonyl (C=O) groups is 1. The summed E-state index contributed by atoms with van der Waals surface area (Å²) in [5.41, 5.74) is 1.25. The summed E-state index contributed by atoms with van der Waals surface area (Å²) in [4.78, 5) is 12.1. The highest BCUT2D eigenvalue weighted by molar-refractivity contribution is 6.30. The quantitative estimate of drug-likeness (QED) is 0.773. The predicted octanol–water partition coefficient (Wildman–Crippen LogP) is 2.32. The average molecular weight is 350 g/mol. The molecule has 3 rings (SSSR count). The van der Waals surface area contributed by atoms with E-state index in [4.69, 9.17) is 16.3 Å². The van der Waals surface area contributed by atoms with E-state index in [-0.39, 0.29) is 17.9 Å². The molecule has 1 amide bonds. The van der Waals surface area contributed by atoms with E-state index < -0.39 is 6.10 Å². The number of aliphatic hydroxyl groups is 1. The van der Waals surface area contributed by atoms with Gasteiger partial charge in [-0.3, -0.25) is 9.89 Å². The van der Waals surface area contributed by atoms with E-state index in [1.807, 2.05) is 0 Å². The monoisotopic (exact) mass is 349 g/mol. The van der Waals surface area contributed by atoms with Crippen LogP contribution in [0, 0.1) is 12.8 Å². The first-order valence-corrected chi connectivity index (χ1v) is 8.31. The molecule has 1 fully saturated rings. The van der Waals surface area contributed by atoms with Crippen LogP contribution in [0.15, 0.2) is 30.5 Å². The van der Waals surface area contributed by atoms with Crippen LogP contribution in [0.3, 0.4) is 0 Å². The Balaban J connectivity index is 1.52. The lowest BCUT2D eigenvalue weighted by molar-refractivity contribution is 0.0348.